The molecule has 21 heavy (non-hydrogen) atoms. The van der Waals surface area contributed by atoms with Gasteiger partial charge in [0.2, 0.25) is 0 Å². The number of rotatable bonds is 6. The third kappa shape index (κ3) is 4.17. The number of carboxylic acid groups (broad SMARTS) is 1. The van der Waals surface area contributed by atoms with Crippen molar-refractivity contribution in [3.63, 3.8) is 0 Å². The van der Waals surface area contributed by atoms with Gasteiger partial charge in [-0.15, -0.1) is 0 Å². The molecule has 6 heteroatoms. The van der Waals surface area contributed by atoms with Gasteiger partial charge in [-0.1, -0.05) is 12.1 Å². The average Bonchev–Trinajstić information content (AvgIpc) is 2.49. The Labute approximate surface area is 123 Å². The molecule has 0 bridgehead atoms. The summed E-state index contributed by atoms with van der Waals surface area (Å²) in [5.74, 6) is -0.615. The number of nitrogens with zero attached hydrogens (tertiary/aromatic N) is 1. The van der Waals surface area contributed by atoms with E-state index in [4.69, 9.17) is 19.7 Å². The lowest BCUT2D eigenvalue weighted by Crippen LogP contribution is -2.50. The molecule has 1 heterocycles. The molecule has 1 saturated heterocycles. The van der Waals surface area contributed by atoms with E-state index < -0.39 is 5.97 Å². The molecule has 6 nitrogen and oxygen atoms in total. The van der Waals surface area contributed by atoms with E-state index in [0.29, 0.717) is 32.1 Å². The summed E-state index contributed by atoms with van der Waals surface area (Å²) in [6.45, 7) is 4.35. The van der Waals surface area contributed by atoms with E-state index in [1.54, 1.807) is 18.2 Å². The van der Waals surface area contributed by atoms with E-state index in [0.717, 1.165) is 0 Å². The first kappa shape index (κ1) is 15.8. The summed E-state index contributed by atoms with van der Waals surface area (Å²) in [5.41, 5.74) is 0.167. The summed E-state index contributed by atoms with van der Waals surface area (Å²) in [4.78, 5) is 13.3. The number of morpholine rings is 1. The SMILES string of the molecule is CC1COC(CO)CN1CCOc1ccccc1C(=O)O. The van der Waals surface area contributed by atoms with Crippen molar-refractivity contribution < 1.29 is 24.5 Å². The van der Waals surface area contributed by atoms with Crippen LogP contribution in [-0.4, -0.2) is 66.1 Å². The molecule has 0 radical (unpaired) electrons. The molecule has 0 aromatic heterocycles. The molecule has 0 saturated carbocycles. The van der Waals surface area contributed by atoms with Crippen LogP contribution in [0.1, 0.15) is 17.3 Å². The molecule has 0 aliphatic carbocycles. The quantitative estimate of drug-likeness (QED) is 0.810. The maximum absolute atomic E-state index is 11.1. The van der Waals surface area contributed by atoms with Crippen molar-refractivity contribution in [3.05, 3.63) is 29.8 Å². The number of aliphatic hydroxyl groups excluding tert-OH is 1. The Morgan fingerprint density at radius 3 is 2.95 bits per heavy atom. The van der Waals surface area contributed by atoms with E-state index in [1.807, 2.05) is 0 Å². The van der Waals surface area contributed by atoms with Gasteiger partial charge in [0.1, 0.15) is 17.9 Å². The van der Waals surface area contributed by atoms with Crippen molar-refractivity contribution in [2.24, 2.45) is 0 Å². The van der Waals surface area contributed by atoms with Gasteiger partial charge in [-0.2, -0.15) is 0 Å². The maximum atomic E-state index is 11.1. The number of para-hydroxylation sites is 1. The van der Waals surface area contributed by atoms with Gasteiger partial charge in [0.15, 0.2) is 0 Å². The van der Waals surface area contributed by atoms with Crippen LogP contribution in [0, 0.1) is 0 Å². The highest BCUT2D eigenvalue weighted by atomic mass is 16.5. The highest BCUT2D eigenvalue weighted by Crippen LogP contribution is 2.18. The highest BCUT2D eigenvalue weighted by molar-refractivity contribution is 5.90. The summed E-state index contributed by atoms with van der Waals surface area (Å²) in [6, 6.07) is 6.86. The van der Waals surface area contributed by atoms with Crippen molar-refractivity contribution >= 4 is 5.97 Å². The number of hydrogen-bond acceptors (Lipinski definition) is 5. The molecular formula is C15H21NO5. The lowest BCUT2D eigenvalue weighted by atomic mass is 10.2. The fraction of sp³-hybridized carbons (Fsp3) is 0.533. The average molecular weight is 295 g/mol. The summed E-state index contributed by atoms with van der Waals surface area (Å²) in [5, 5.41) is 18.2. The zero-order valence-electron chi connectivity index (χ0n) is 12.1. The van der Waals surface area contributed by atoms with Gasteiger partial charge in [0, 0.05) is 19.1 Å². The first-order valence-electron chi connectivity index (χ1n) is 7.03. The molecule has 2 atom stereocenters. The van der Waals surface area contributed by atoms with Crippen LogP contribution in [0.15, 0.2) is 24.3 Å². The second-order valence-corrected chi connectivity index (χ2v) is 5.13. The molecule has 1 aromatic carbocycles. The van der Waals surface area contributed by atoms with Gasteiger partial charge < -0.3 is 19.7 Å². The third-order valence-electron chi connectivity index (χ3n) is 3.59. The summed E-state index contributed by atoms with van der Waals surface area (Å²) >= 11 is 0. The molecular weight excluding hydrogens is 274 g/mol. The van der Waals surface area contributed by atoms with E-state index in [9.17, 15) is 4.79 Å². The second-order valence-electron chi connectivity index (χ2n) is 5.13. The van der Waals surface area contributed by atoms with Crippen LogP contribution >= 0.6 is 0 Å². The molecule has 116 valence electrons. The van der Waals surface area contributed by atoms with Gasteiger partial charge in [0.25, 0.3) is 0 Å². The summed E-state index contributed by atoms with van der Waals surface area (Å²) < 4.78 is 11.1. The van der Waals surface area contributed by atoms with E-state index in [1.165, 1.54) is 6.07 Å². The van der Waals surface area contributed by atoms with Crippen molar-refractivity contribution in [3.8, 4) is 5.75 Å². The molecule has 1 aliphatic rings. The van der Waals surface area contributed by atoms with Gasteiger partial charge in [-0.3, -0.25) is 4.90 Å². The molecule has 2 N–H and O–H groups in total. The Hall–Kier alpha value is -1.63. The lowest BCUT2D eigenvalue weighted by Gasteiger charge is -2.37. The van der Waals surface area contributed by atoms with Gasteiger partial charge in [-0.05, 0) is 19.1 Å². The first-order valence-corrected chi connectivity index (χ1v) is 7.03. The molecule has 0 spiro atoms. The Kier molecular flexibility index (Phi) is 5.55. The highest BCUT2D eigenvalue weighted by Gasteiger charge is 2.25. The minimum Gasteiger partial charge on any atom is -0.491 e. The predicted molar refractivity (Wildman–Crippen MR) is 76.8 cm³/mol. The van der Waals surface area contributed by atoms with Crippen molar-refractivity contribution in [2.75, 3.05) is 32.9 Å². The number of carboxylic acids is 1. The lowest BCUT2D eigenvalue weighted by molar-refractivity contribution is -0.0798. The fourth-order valence-corrected chi connectivity index (χ4v) is 2.34. The van der Waals surface area contributed by atoms with Gasteiger partial charge in [-0.25, -0.2) is 4.79 Å². The predicted octanol–water partition coefficient (Wildman–Crippen LogP) is 0.845. The molecule has 2 unspecified atom stereocenters. The Morgan fingerprint density at radius 1 is 1.48 bits per heavy atom. The van der Waals surface area contributed by atoms with E-state index in [-0.39, 0.29) is 24.3 Å². The summed E-state index contributed by atoms with van der Waals surface area (Å²) in [7, 11) is 0. The van der Waals surface area contributed by atoms with Crippen molar-refractivity contribution in [1.82, 2.24) is 4.90 Å². The number of aromatic carboxylic acids is 1. The Morgan fingerprint density at radius 2 is 2.24 bits per heavy atom. The van der Waals surface area contributed by atoms with Crippen LogP contribution in [0.2, 0.25) is 0 Å². The van der Waals surface area contributed by atoms with E-state index >= 15 is 0 Å². The fourth-order valence-electron chi connectivity index (χ4n) is 2.34. The number of aliphatic hydroxyl groups is 1. The number of benzene rings is 1. The first-order chi connectivity index (χ1) is 10.1. The van der Waals surface area contributed by atoms with Crippen molar-refractivity contribution in [1.29, 1.82) is 0 Å². The van der Waals surface area contributed by atoms with Crippen LogP contribution < -0.4 is 4.74 Å². The molecule has 1 aromatic rings. The standard InChI is InChI=1S/C15H21NO5/c1-11-10-21-12(9-17)8-16(11)6-7-20-14-5-3-2-4-13(14)15(18)19/h2-5,11-12,17H,6-10H2,1H3,(H,18,19). The number of hydrogen-bond donors (Lipinski definition) is 2. The van der Waals surface area contributed by atoms with Crippen LogP contribution in [0.5, 0.6) is 5.75 Å². The molecule has 1 aliphatic heterocycles. The largest absolute Gasteiger partial charge is 0.491 e. The van der Waals surface area contributed by atoms with Crippen LogP contribution in [-0.2, 0) is 4.74 Å². The second kappa shape index (κ2) is 7.40. The smallest absolute Gasteiger partial charge is 0.339 e. The molecule has 1 fully saturated rings. The zero-order chi connectivity index (χ0) is 15.2. The molecule has 0 amide bonds. The Balaban J connectivity index is 1.88. The maximum Gasteiger partial charge on any atom is 0.339 e. The zero-order valence-corrected chi connectivity index (χ0v) is 12.1. The number of ether oxygens (including phenoxy) is 2. The monoisotopic (exact) mass is 295 g/mol. The van der Waals surface area contributed by atoms with Crippen molar-refractivity contribution in [2.45, 2.75) is 19.1 Å². The Bertz CT molecular complexity index is 479. The minimum absolute atomic E-state index is 0.00588. The van der Waals surface area contributed by atoms with Crippen LogP contribution in [0.4, 0.5) is 0 Å². The van der Waals surface area contributed by atoms with E-state index in [2.05, 4.69) is 11.8 Å². The third-order valence-corrected chi connectivity index (χ3v) is 3.59. The topological polar surface area (TPSA) is 79.2 Å². The van der Waals surface area contributed by atoms with Gasteiger partial charge in [0.05, 0.1) is 19.3 Å². The van der Waals surface area contributed by atoms with Crippen LogP contribution in [0.3, 0.4) is 0 Å². The normalized spacial score (nSPS) is 23.0. The summed E-state index contributed by atoms with van der Waals surface area (Å²) in [6.07, 6.45) is -0.160. The van der Waals surface area contributed by atoms with Crippen LogP contribution in [0.25, 0.3) is 0 Å². The molecule has 2 rings (SSSR count). The minimum atomic E-state index is -0.995. The van der Waals surface area contributed by atoms with Gasteiger partial charge >= 0.3 is 5.97 Å². The number of carbonyl (C=O) groups is 1.